The minimum atomic E-state index is 0.420. The summed E-state index contributed by atoms with van der Waals surface area (Å²) in [5.41, 5.74) is 2.98. The second-order valence-corrected chi connectivity index (χ2v) is 3.53. The molecule has 0 radical (unpaired) electrons. The van der Waals surface area contributed by atoms with E-state index in [1.54, 1.807) is 25.7 Å². The third-order valence-electron chi connectivity index (χ3n) is 2.29. The van der Waals surface area contributed by atoms with Crippen molar-refractivity contribution in [3.63, 3.8) is 0 Å². The van der Waals surface area contributed by atoms with Crippen molar-refractivity contribution in [2.24, 2.45) is 0 Å². The van der Waals surface area contributed by atoms with Crippen molar-refractivity contribution >= 4 is 11.6 Å². The number of ether oxygens (including phenoxy) is 1. The maximum Gasteiger partial charge on any atom is 0.213 e. The Hall–Kier alpha value is -1.61. The van der Waals surface area contributed by atoms with Crippen LogP contribution in [0.3, 0.4) is 0 Å². The lowest BCUT2D eigenvalue weighted by Gasteiger charge is -2.08. The summed E-state index contributed by atoms with van der Waals surface area (Å²) < 4.78 is 5.06. The van der Waals surface area contributed by atoms with Gasteiger partial charge < -0.3 is 4.74 Å². The Labute approximate surface area is 99.1 Å². The molecule has 0 aromatic carbocycles. The molecule has 82 valence electrons. The zero-order chi connectivity index (χ0) is 11.4. The monoisotopic (exact) mass is 234 g/mol. The standard InChI is InChI=1S/C12H11ClN2O/c1-16-12-5-10(6-13)11(8-15-12)9-3-2-4-14-7-9/h2-5,7-8H,6H2,1H3. The Kier molecular flexibility index (Phi) is 3.37. The molecule has 3 nitrogen and oxygen atoms in total. The molecule has 0 N–H and O–H groups in total. The van der Waals surface area contributed by atoms with Crippen LogP contribution in [0.25, 0.3) is 11.1 Å². The number of hydrogen-bond donors (Lipinski definition) is 0. The van der Waals surface area contributed by atoms with Crippen LogP contribution in [-0.2, 0) is 5.88 Å². The first-order chi connectivity index (χ1) is 7.85. The van der Waals surface area contributed by atoms with Gasteiger partial charge in [0.1, 0.15) is 0 Å². The predicted octanol–water partition coefficient (Wildman–Crippen LogP) is 2.89. The Bertz CT molecular complexity index is 474. The highest BCUT2D eigenvalue weighted by atomic mass is 35.5. The summed E-state index contributed by atoms with van der Waals surface area (Å²) in [6.07, 6.45) is 5.29. The molecule has 2 aromatic rings. The summed E-state index contributed by atoms with van der Waals surface area (Å²) in [6.45, 7) is 0. The molecule has 0 saturated carbocycles. The van der Waals surface area contributed by atoms with Gasteiger partial charge in [-0.05, 0) is 11.6 Å². The fourth-order valence-electron chi connectivity index (χ4n) is 1.48. The third kappa shape index (κ3) is 2.14. The fraction of sp³-hybridized carbons (Fsp3) is 0.167. The van der Waals surface area contributed by atoms with Crippen LogP contribution in [0.5, 0.6) is 5.88 Å². The average molecular weight is 235 g/mol. The van der Waals surface area contributed by atoms with Crippen LogP contribution in [0.15, 0.2) is 36.8 Å². The highest BCUT2D eigenvalue weighted by molar-refractivity contribution is 6.17. The van der Waals surface area contributed by atoms with Gasteiger partial charge in [0, 0.05) is 41.7 Å². The van der Waals surface area contributed by atoms with Crippen molar-refractivity contribution in [1.82, 2.24) is 9.97 Å². The van der Waals surface area contributed by atoms with Crippen molar-refractivity contribution in [2.75, 3.05) is 7.11 Å². The van der Waals surface area contributed by atoms with Gasteiger partial charge in [-0.15, -0.1) is 11.6 Å². The third-order valence-corrected chi connectivity index (χ3v) is 2.58. The summed E-state index contributed by atoms with van der Waals surface area (Å²) in [6, 6.07) is 5.71. The Morgan fingerprint density at radius 3 is 2.88 bits per heavy atom. The largest absolute Gasteiger partial charge is 0.481 e. The SMILES string of the molecule is COc1cc(CCl)c(-c2cccnc2)cn1. The molecule has 4 heteroatoms. The normalized spacial score (nSPS) is 10.1. The van der Waals surface area contributed by atoms with Crippen LogP contribution < -0.4 is 4.74 Å². The topological polar surface area (TPSA) is 35.0 Å². The lowest BCUT2D eigenvalue weighted by Crippen LogP contribution is -1.93. The molecule has 2 heterocycles. The van der Waals surface area contributed by atoms with E-state index in [9.17, 15) is 0 Å². The number of nitrogens with zero attached hydrogens (tertiary/aromatic N) is 2. The second-order valence-electron chi connectivity index (χ2n) is 3.26. The van der Waals surface area contributed by atoms with E-state index in [1.165, 1.54) is 0 Å². The van der Waals surface area contributed by atoms with Gasteiger partial charge in [-0.1, -0.05) is 6.07 Å². The van der Waals surface area contributed by atoms with Gasteiger partial charge in [-0.3, -0.25) is 4.98 Å². The van der Waals surface area contributed by atoms with Gasteiger partial charge >= 0.3 is 0 Å². The quantitative estimate of drug-likeness (QED) is 0.766. The van der Waals surface area contributed by atoms with Crippen molar-refractivity contribution in [3.05, 3.63) is 42.4 Å². The first-order valence-corrected chi connectivity index (χ1v) is 5.38. The van der Waals surface area contributed by atoms with Crippen molar-refractivity contribution in [1.29, 1.82) is 0 Å². The van der Waals surface area contributed by atoms with E-state index < -0.39 is 0 Å². The van der Waals surface area contributed by atoms with E-state index in [4.69, 9.17) is 16.3 Å². The number of methoxy groups -OCH3 is 1. The molecule has 0 bridgehead atoms. The van der Waals surface area contributed by atoms with Gasteiger partial charge in [0.05, 0.1) is 7.11 Å². The molecule has 0 aliphatic carbocycles. The maximum absolute atomic E-state index is 5.91. The van der Waals surface area contributed by atoms with Gasteiger partial charge in [0.25, 0.3) is 0 Å². The molecule has 16 heavy (non-hydrogen) atoms. The Morgan fingerprint density at radius 1 is 1.38 bits per heavy atom. The van der Waals surface area contributed by atoms with E-state index in [1.807, 2.05) is 18.2 Å². The molecule has 2 rings (SSSR count). The molecule has 0 unspecified atom stereocenters. The number of alkyl halides is 1. The maximum atomic E-state index is 5.91. The van der Waals surface area contributed by atoms with E-state index in [0.717, 1.165) is 16.7 Å². The van der Waals surface area contributed by atoms with E-state index >= 15 is 0 Å². The highest BCUT2D eigenvalue weighted by Gasteiger charge is 2.06. The molecule has 0 spiro atoms. The summed E-state index contributed by atoms with van der Waals surface area (Å²) in [5.74, 6) is 0.992. The molecular formula is C12H11ClN2O. The van der Waals surface area contributed by atoms with E-state index in [0.29, 0.717) is 11.8 Å². The molecule has 0 fully saturated rings. The zero-order valence-electron chi connectivity index (χ0n) is 8.85. The zero-order valence-corrected chi connectivity index (χ0v) is 9.61. The first-order valence-electron chi connectivity index (χ1n) is 4.84. The molecule has 0 atom stereocenters. The molecule has 0 aliphatic heterocycles. The van der Waals surface area contributed by atoms with Crippen LogP contribution in [0.1, 0.15) is 5.56 Å². The van der Waals surface area contributed by atoms with Crippen LogP contribution in [0.2, 0.25) is 0 Å². The lowest BCUT2D eigenvalue weighted by molar-refractivity contribution is 0.397. The molecule has 2 aromatic heterocycles. The van der Waals surface area contributed by atoms with Gasteiger partial charge in [-0.2, -0.15) is 0 Å². The summed E-state index contributed by atoms with van der Waals surface area (Å²) in [7, 11) is 1.59. The van der Waals surface area contributed by atoms with Crippen LogP contribution in [0, 0.1) is 0 Å². The molecule has 0 aliphatic rings. The highest BCUT2D eigenvalue weighted by Crippen LogP contribution is 2.25. The second kappa shape index (κ2) is 4.94. The number of aromatic nitrogens is 2. The fourth-order valence-corrected chi connectivity index (χ4v) is 1.70. The number of pyridine rings is 2. The molecular weight excluding hydrogens is 224 g/mol. The summed E-state index contributed by atoms with van der Waals surface area (Å²) in [4.78, 5) is 8.25. The van der Waals surface area contributed by atoms with Gasteiger partial charge in [0.15, 0.2) is 0 Å². The van der Waals surface area contributed by atoms with E-state index in [2.05, 4.69) is 9.97 Å². The smallest absolute Gasteiger partial charge is 0.213 e. The van der Waals surface area contributed by atoms with Crippen molar-refractivity contribution in [3.8, 4) is 17.0 Å². The Balaban J connectivity index is 2.49. The van der Waals surface area contributed by atoms with Crippen molar-refractivity contribution in [2.45, 2.75) is 5.88 Å². The first kappa shape index (κ1) is 10.9. The number of hydrogen-bond acceptors (Lipinski definition) is 3. The number of halogens is 1. The van der Waals surface area contributed by atoms with E-state index in [-0.39, 0.29) is 0 Å². The predicted molar refractivity (Wildman–Crippen MR) is 63.6 cm³/mol. The van der Waals surface area contributed by atoms with Crippen LogP contribution >= 0.6 is 11.6 Å². The molecule has 0 amide bonds. The minimum absolute atomic E-state index is 0.420. The Morgan fingerprint density at radius 2 is 2.25 bits per heavy atom. The summed E-state index contributed by atoms with van der Waals surface area (Å²) in [5, 5.41) is 0. The summed E-state index contributed by atoms with van der Waals surface area (Å²) >= 11 is 5.91. The van der Waals surface area contributed by atoms with Crippen LogP contribution in [-0.4, -0.2) is 17.1 Å². The van der Waals surface area contributed by atoms with Crippen molar-refractivity contribution < 1.29 is 4.74 Å². The lowest BCUT2D eigenvalue weighted by atomic mass is 10.1. The van der Waals surface area contributed by atoms with Gasteiger partial charge in [0.2, 0.25) is 5.88 Å². The molecule has 0 saturated heterocycles. The minimum Gasteiger partial charge on any atom is -0.481 e. The van der Waals surface area contributed by atoms with Crippen LogP contribution in [0.4, 0.5) is 0 Å². The average Bonchev–Trinajstić information content (AvgIpc) is 2.39. The van der Waals surface area contributed by atoms with Gasteiger partial charge in [-0.25, -0.2) is 4.98 Å². The number of rotatable bonds is 3.